The number of phenols is 1. The Labute approximate surface area is 155 Å². The zero-order valence-electron chi connectivity index (χ0n) is 14.1. The zero-order valence-corrected chi connectivity index (χ0v) is 14.9. The Morgan fingerprint density at radius 2 is 1.62 bits per heavy atom. The van der Waals surface area contributed by atoms with E-state index in [9.17, 15) is 5.11 Å². The third-order valence-electron chi connectivity index (χ3n) is 3.99. The maximum absolute atomic E-state index is 10.5. The highest BCUT2D eigenvalue weighted by atomic mass is 32.2. The molecule has 0 saturated carbocycles. The van der Waals surface area contributed by atoms with E-state index >= 15 is 0 Å². The molecule has 0 radical (unpaired) electrons. The quantitative estimate of drug-likeness (QED) is 0.509. The van der Waals surface area contributed by atoms with Crippen LogP contribution in [0.15, 0.2) is 82.7 Å². The lowest BCUT2D eigenvalue weighted by Gasteiger charge is -2.11. The summed E-state index contributed by atoms with van der Waals surface area (Å²) in [6, 6.07) is 23.3. The molecule has 0 bridgehead atoms. The topological polar surface area (TPSA) is 55.2 Å². The first kappa shape index (κ1) is 16.4. The molecular weight excluding hydrogens is 344 g/mol. The lowest BCUT2D eigenvalue weighted by molar-refractivity contribution is 0.374. The summed E-state index contributed by atoms with van der Waals surface area (Å²) < 4.78 is 5.21. The van der Waals surface area contributed by atoms with Crippen molar-refractivity contribution in [2.24, 2.45) is 0 Å². The average Bonchev–Trinajstić information content (AvgIpc) is 2.69. The van der Waals surface area contributed by atoms with Crippen LogP contribution in [0.25, 0.3) is 22.3 Å². The van der Waals surface area contributed by atoms with Crippen molar-refractivity contribution in [1.82, 2.24) is 9.97 Å². The van der Waals surface area contributed by atoms with Gasteiger partial charge in [0.25, 0.3) is 0 Å². The first-order valence-corrected chi connectivity index (χ1v) is 8.94. The molecule has 1 heterocycles. The van der Waals surface area contributed by atoms with E-state index in [4.69, 9.17) is 9.72 Å². The molecule has 4 rings (SSSR count). The van der Waals surface area contributed by atoms with Crippen LogP contribution in [-0.2, 0) is 0 Å². The average molecular weight is 360 g/mol. The number of aromatic hydroxyl groups is 1. The van der Waals surface area contributed by atoms with Gasteiger partial charge in [-0.05, 0) is 30.3 Å². The molecule has 0 saturated heterocycles. The molecule has 0 aliphatic heterocycles. The minimum absolute atomic E-state index is 0.0425. The molecule has 0 spiro atoms. The third kappa shape index (κ3) is 3.09. The van der Waals surface area contributed by atoms with Crippen LogP contribution in [0.5, 0.6) is 11.5 Å². The van der Waals surface area contributed by atoms with Gasteiger partial charge in [-0.15, -0.1) is 0 Å². The number of methoxy groups -OCH3 is 1. The fourth-order valence-electron chi connectivity index (χ4n) is 2.71. The van der Waals surface area contributed by atoms with Gasteiger partial charge in [-0.1, -0.05) is 54.2 Å². The number of hydrogen-bond acceptors (Lipinski definition) is 5. The van der Waals surface area contributed by atoms with Crippen LogP contribution in [0.2, 0.25) is 0 Å². The predicted octanol–water partition coefficient (Wildman–Crippen LogP) is 5.16. The van der Waals surface area contributed by atoms with Gasteiger partial charge in [0.2, 0.25) is 0 Å². The summed E-state index contributed by atoms with van der Waals surface area (Å²) in [5.41, 5.74) is 1.38. The summed E-state index contributed by atoms with van der Waals surface area (Å²) in [5, 5.41) is 12.3. The van der Waals surface area contributed by atoms with Gasteiger partial charge in [0, 0.05) is 10.3 Å². The van der Waals surface area contributed by atoms with Crippen molar-refractivity contribution in [3.63, 3.8) is 0 Å². The molecule has 1 aromatic heterocycles. The van der Waals surface area contributed by atoms with Crippen molar-refractivity contribution < 1.29 is 9.84 Å². The maximum Gasteiger partial charge on any atom is 0.168 e. The first-order valence-electron chi connectivity index (χ1n) is 8.12. The molecule has 4 aromatic rings. The lowest BCUT2D eigenvalue weighted by atomic mass is 10.1. The number of hydrogen-bond donors (Lipinski definition) is 1. The molecule has 0 fully saturated rings. The SMILES string of the molecule is COc1cccc(-c2nc(Sc3ccccc3)c3ccccc3n2)c1O. The van der Waals surface area contributed by atoms with E-state index < -0.39 is 0 Å². The van der Waals surface area contributed by atoms with Crippen LogP contribution < -0.4 is 4.74 Å². The second kappa shape index (κ2) is 7.06. The van der Waals surface area contributed by atoms with Crippen molar-refractivity contribution in [1.29, 1.82) is 0 Å². The monoisotopic (exact) mass is 360 g/mol. The predicted molar refractivity (Wildman–Crippen MR) is 104 cm³/mol. The Morgan fingerprint density at radius 3 is 2.42 bits per heavy atom. The molecule has 128 valence electrons. The first-order chi connectivity index (χ1) is 12.8. The molecule has 26 heavy (non-hydrogen) atoms. The fourth-order valence-corrected chi connectivity index (χ4v) is 3.64. The van der Waals surface area contributed by atoms with Gasteiger partial charge in [0.05, 0.1) is 18.2 Å². The summed E-state index contributed by atoms with van der Waals surface area (Å²) in [4.78, 5) is 10.5. The summed E-state index contributed by atoms with van der Waals surface area (Å²) in [6.45, 7) is 0. The summed E-state index contributed by atoms with van der Waals surface area (Å²) >= 11 is 1.58. The van der Waals surface area contributed by atoms with Crippen LogP contribution in [0, 0.1) is 0 Å². The van der Waals surface area contributed by atoms with E-state index in [1.807, 2.05) is 60.7 Å². The highest BCUT2D eigenvalue weighted by molar-refractivity contribution is 7.99. The highest BCUT2D eigenvalue weighted by Crippen LogP contribution is 2.38. The smallest absolute Gasteiger partial charge is 0.168 e. The van der Waals surface area contributed by atoms with E-state index in [1.54, 1.807) is 23.9 Å². The van der Waals surface area contributed by atoms with Crippen molar-refractivity contribution in [2.45, 2.75) is 9.92 Å². The number of benzene rings is 3. The Hall–Kier alpha value is -3.05. The fraction of sp³-hybridized carbons (Fsp3) is 0.0476. The van der Waals surface area contributed by atoms with Gasteiger partial charge in [-0.3, -0.25) is 0 Å². The van der Waals surface area contributed by atoms with E-state index in [1.165, 1.54) is 7.11 Å². The third-order valence-corrected chi connectivity index (χ3v) is 5.00. The number of rotatable bonds is 4. The normalized spacial score (nSPS) is 10.8. The standard InChI is InChI=1S/C21H16N2O2S/c1-25-18-13-7-11-16(19(18)24)20-22-17-12-6-5-10-15(17)21(23-20)26-14-8-3-2-4-9-14/h2-13,24H,1H3. The Kier molecular flexibility index (Phi) is 4.46. The Balaban J connectivity index is 1.89. The number of nitrogens with zero attached hydrogens (tertiary/aromatic N) is 2. The number of aromatic nitrogens is 2. The van der Waals surface area contributed by atoms with E-state index in [2.05, 4.69) is 4.98 Å². The molecule has 4 nitrogen and oxygen atoms in total. The molecule has 0 atom stereocenters. The van der Waals surface area contributed by atoms with Crippen molar-refractivity contribution in [3.8, 4) is 22.9 Å². The van der Waals surface area contributed by atoms with Gasteiger partial charge in [-0.25, -0.2) is 9.97 Å². The van der Waals surface area contributed by atoms with E-state index in [-0.39, 0.29) is 5.75 Å². The van der Waals surface area contributed by atoms with Gasteiger partial charge >= 0.3 is 0 Å². The maximum atomic E-state index is 10.5. The molecule has 3 aromatic carbocycles. The highest BCUT2D eigenvalue weighted by Gasteiger charge is 2.15. The summed E-state index contributed by atoms with van der Waals surface area (Å²) in [7, 11) is 1.52. The number of fused-ring (bicyclic) bond motifs is 1. The van der Waals surface area contributed by atoms with Crippen molar-refractivity contribution in [2.75, 3.05) is 7.11 Å². The summed E-state index contributed by atoms with van der Waals surface area (Å²) in [6.07, 6.45) is 0. The van der Waals surface area contributed by atoms with Crippen LogP contribution in [0.4, 0.5) is 0 Å². The van der Waals surface area contributed by atoms with Gasteiger partial charge in [0.1, 0.15) is 5.03 Å². The van der Waals surface area contributed by atoms with Crippen molar-refractivity contribution in [3.05, 3.63) is 72.8 Å². The second-order valence-corrected chi connectivity index (χ2v) is 6.70. The Bertz CT molecular complexity index is 1070. The molecule has 0 amide bonds. The van der Waals surface area contributed by atoms with Gasteiger partial charge < -0.3 is 9.84 Å². The minimum atomic E-state index is 0.0425. The van der Waals surface area contributed by atoms with E-state index in [0.29, 0.717) is 17.1 Å². The molecule has 0 aliphatic rings. The van der Waals surface area contributed by atoms with Crippen LogP contribution in [-0.4, -0.2) is 22.2 Å². The number of para-hydroxylation sites is 2. The minimum Gasteiger partial charge on any atom is -0.504 e. The van der Waals surface area contributed by atoms with Gasteiger partial charge in [-0.2, -0.15) is 0 Å². The van der Waals surface area contributed by atoms with Crippen molar-refractivity contribution >= 4 is 22.7 Å². The van der Waals surface area contributed by atoms with Crippen LogP contribution >= 0.6 is 11.8 Å². The molecule has 0 unspecified atom stereocenters. The number of ether oxygens (including phenoxy) is 1. The Morgan fingerprint density at radius 1 is 0.846 bits per heavy atom. The summed E-state index contributed by atoms with van der Waals surface area (Å²) in [5.74, 6) is 0.913. The van der Waals surface area contributed by atoms with E-state index in [0.717, 1.165) is 20.8 Å². The lowest BCUT2D eigenvalue weighted by Crippen LogP contribution is -1.95. The molecule has 5 heteroatoms. The molecule has 1 N–H and O–H groups in total. The molecular formula is C21H16N2O2S. The van der Waals surface area contributed by atoms with Crippen LogP contribution in [0.3, 0.4) is 0 Å². The largest absolute Gasteiger partial charge is 0.504 e. The second-order valence-electron chi connectivity index (χ2n) is 5.64. The molecule has 0 aliphatic carbocycles. The van der Waals surface area contributed by atoms with Gasteiger partial charge in [0.15, 0.2) is 17.3 Å². The zero-order chi connectivity index (χ0) is 17.9. The van der Waals surface area contributed by atoms with Crippen LogP contribution in [0.1, 0.15) is 0 Å². The number of phenolic OH excluding ortho intramolecular Hbond substituents is 1.